The number of sulfonamides is 1. The number of aliphatic carboxylic acids is 1. The fourth-order valence-corrected chi connectivity index (χ4v) is 2.95. The number of hydrogen-bond donors (Lipinski definition) is 2. The molecular weight excluding hydrogens is 266 g/mol. The van der Waals surface area contributed by atoms with E-state index >= 15 is 0 Å². The van der Waals surface area contributed by atoms with E-state index in [0.29, 0.717) is 0 Å². The number of carboxylic acid groups (broad SMARTS) is 1. The maximum atomic E-state index is 12.2. The number of carbonyl (C=O) groups is 1. The summed E-state index contributed by atoms with van der Waals surface area (Å²) in [6.45, 7) is 6.09. The van der Waals surface area contributed by atoms with Crippen LogP contribution in [0.4, 0.5) is 0 Å². The van der Waals surface area contributed by atoms with Crippen LogP contribution >= 0.6 is 0 Å². The summed E-state index contributed by atoms with van der Waals surface area (Å²) in [6, 6.07) is 7.87. The van der Waals surface area contributed by atoms with Crippen molar-refractivity contribution in [2.24, 2.45) is 5.41 Å². The van der Waals surface area contributed by atoms with E-state index in [2.05, 4.69) is 4.72 Å². The zero-order valence-electron chi connectivity index (χ0n) is 11.5. The molecule has 1 aromatic carbocycles. The average molecular weight is 285 g/mol. The first kappa shape index (κ1) is 15.7. The van der Waals surface area contributed by atoms with Gasteiger partial charge in [-0.05, 0) is 39.8 Å². The molecule has 0 atom stereocenters. The van der Waals surface area contributed by atoms with Gasteiger partial charge < -0.3 is 5.11 Å². The molecule has 0 unspecified atom stereocenters. The zero-order valence-corrected chi connectivity index (χ0v) is 12.3. The van der Waals surface area contributed by atoms with Gasteiger partial charge >= 0.3 is 5.97 Å². The SMILES string of the molecule is CC(C)(NS(=O)(=O)c1ccccc1)C(C)(C)C(=O)O. The molecule has 0 saturated carbocycles. The van der Waals surface area contributed by atoms with Gasteiger partial charge in [0, 0.05) is 5.54 Å². The summed E-state index contributed by atoms with van der Waals surface area (Å²) in [5.41, 5.74) is -2.37. The van der Waals surface area contributed by atoms with Crippen molar-refractivity contribution in [1.29, 1.82) is 0 Å². The smallest absolute Gasteiger partial charge is 0.310 e. The molecule has 1 rings (SSSR count). The predicted octanol–water partition coefficient (Wildman–Crippen LogP) is 1.85. The van der Waals surface area contributed by atoms with Gasteiger partial charge in [0.15, 0.2) is 0 Å². The first-order valence-electron chi connectivity index (χ1n) is 5.83. The minimum absolute atomic E-state index is 0.115. The minimum atomic E-state index is -3.75. The largest absolute Gasteiger partial charge is 0.481 e. The monoisotopic (exact) mass is 285 g/mol. The van der Waals surface area contributed by atoms with E-state index in [0.717, 1.165) is 0 Å². The van der Waals surface area contributed by atoms with E-state index in [1.54, 1.807) is 32.0 Å². The van der Waals surface area contributed by atoms with Crippen LogP contribution in [-0.4, -0.2) is 25.0 Å². The van der Waals surface area contributed by atoms with Crippen molar-refractivity contribution in [3.05, 3.63) is 30.3 Å². The van der Waals surface area contributed by atoms with Crippen LogP contribution in [-0.2, 0) is 14.8 Å². The van der Waals surface area contributed by atoms with Crippen LogP contribution in [0.15, 0.2) is 35.2 Å². The highest BCUT2D eigenvalue weighted by Gasteiger charge is 2.45. The molecule has 6 heteroatoms. The summed E-state index contributed by atoms with van der Waals surface area (Å²) >= 11 is 0. The van der Waals surface area contributed by atoms with Gasteiger partial charge in [-0.15, -0.1) is 0 Å². The van der Waals surface area contributed by atoms with Crippen LogP contribution in [0.1, 0.15) is 27.7 Å². The molecule has 0 aromatic heterocycles. The highest BCUT2D eigenvalue weighted by molar-refractivity contribution is 7.89. The summed E-state index contributed by atoms with van der Waals surface area (Å²) in [6.07, 6.45) is 0. The van der Waals surface area contributed by atoms with Crippen LogP contribution in [0, 0.1) is 5.41 Å². The van der Waals surface area contributed by atoms with Gasteiger partial charge in [-0.3, -0.25) is 4.79 Å². The topological polar surface area (TPSA) is 83.5 Å². The lowest BCUT2D eigenvalue weighted by Crippen LogP contribution is -2.56. The van der Waals surface area contributed by atoms with E-state index in [1.165, 1.54) is 26.0 Å². The van der Waals surface area contributed by atoms with Crippen LogP contribution in [0.2, 0.25) is 0 Å². The second-order valence-corrected chi connectivity index (χ2v) is 7.16. The Balaban J connectivity index is 3.12. The summed E-state index contributed by atoms with van der Waals surface area (Å²) in [7, 11) is -3.75. The standard InChI is InChI=1S/C13H19NO4S/c1-12(2,11(15)16)13(3,4)14-19(17,18)10-8-6-5-7-9-10/h5-9,14H,1-4H3,(H,15,16). The van der Waals surface area contributed by atoms with E-state index in [9.17, 15) is 18.3 Å². The molecule has 0 saturated heterocycles. The Labute approximate surface area is 113 Å². The molecule has 19 heavy (non-hydrogen) atoms. The fourth-order valence-electron chi connectivity index (χ4n) is 1.39. The summed E-state index contributed by atoms with van der Waals surface area (Å²) < 4.78 is 26.9. The Morgan fingerprint density at radius 2 is 1.58 bits per heavy atom. The second kappa shape index (κ2) is 4.94. The Hall–Kier alpha value is -1.40. The Morgan fingerprint density at radius 3 is 2.00 bits per heavy atom. The number of benzene rings is 1. The third-order valence-electron chi connectivity index (χ3n) is 3.54. The Bertz CT molecular complexity index is 562. The summed E-state index contributed by atoms with van der Waals surface area (Å²) in [5, 5.41) is 9.21. The van der Waals surface area contributed by atoms with Gasteiger partial charge in [0.05, 0.1) is 10.3 Å². The molecule has 0 radical (unpaired) electrons. The van der Waals surface area contributed by atoms with Gasteiger partial charge in [-0.25, -0.2) is 13.1 Å². The Morgan fingerprint density at radius 1 is 1.11 bits per heavy atom. The van der Waals surface area contributed by atoms with Crippen molar-refractivity contribution in [2.75, 3.05) is 0 Å². The number of rotatable bonds is 5. The molecule has 0 aliphatic rings. The molecule has 0 amide bonds. The normalized spacial score (nSPS) is 13.3. The van der Waals surface area contributed by atoms with E-state index in [4.69, 9.17) is 0 Å². The fraction of sp³-hybridized carbons (Fsp3) is 0.462. The molecule has 106 valence electrons. The molecule has 0 heterocycles. The quantitative estimate of drug-likeness (QED) is 0.865. The number of nitrogens with one attached hydrogen (secondary N) is 1. The van der Waals surface area contributed by atoms with Crippen LogP contribution < -0.4 is 4.72 Å². The first-order chi connectivity index (χ1) is 8.51. The summed E-state index contributed by atoms with van der Waals surface area (Å²) in [5.74, 6) is -1.06. The second-order valence-electron chi connectivity index (χ2n) is 5.47. The third kappa shape index (κ3) is 3.13. The van der Waals surface area contributed by atoms with Crippen LogP contribution in [0.25, 0.3) is 0 Å². The lowest BCUT2D eigenvalue weighted by Gasteiger charge is -2.38. The highest BCUT2D eigenvalue weighted by atomic mass is 32.2. The van der Waals surface area contributed by atoms with Crippen LogP contribution in [0.5, 0.6) is 0 Å². The zero-order chi connectivity index (χ0) is 14.9. The lowest BCUT2D eigenvalue weighted by atomic mass is 9.75. The summed E-state index contributed by atoms with van der Waals surface area (Å²) in [4.78, 5) is 11.4. The molecule has 0 bridgehead atoms. The van der Waals surface area contributed by atoms with Crippen molar-refractivity contribution >= 4 is 16.0 Å². The number of carboxylic acids is 1. The highest BCUT2D eigenvalue weighted by Crippen LogP contribution is 2.32. The van der Waals surface area contributed by atoms with E-state index in [1.807, 2.05) is 0 Å². The average Bonchev–Trinajstić information content (AvgIpc) is 2.28. The molecule has 0 fully saturated rings. The van der Waals surface area contributed by atoms with Gasteiger partial charge in [-0.2, -0.15) is 0 Å². The van der Waals surface area contributed by atoms with E-state index < -0.39 is 26.9 Å². The first-order valence-corrected chi connectivity index (χ1v) is 7.31. The minimum Gasteiger partial charge on any atom is -0.481 e. The molecule has 0 aliphatic heterocycles. The van der Waals surface area contributed by atoms with Crippen molar-refractivity contribution in [3.63, 3.8) is 0 Å². The molecule has 5 nitrogen and oxygen atoms in total. The van der Waals surface area contributed by atoms with Gasteiger partial charge in [0.2, 0.25) is 10.0 Å². The maximum Gasteiger partial charge on any atom is 0.310 e. The third-order valence-corrected chi connectivity index (χ3v) is 5.21. The lowest BCUT2D eigenvalue weighted by molar-refractivity contribution is -0.150. The van der Waals surface area contributed by atoms with Crippen molar-refractivity contribution in [1.82, 2.24) is 4.72 Å². The number of hydrogen-bond acceptors (Lipinski definition) is 3. The van der Waals surface area contributed by atoms with Crippen molar-refractivity contribution < 1.29 is 18.3 Å². The van der Waals surface area contributed by atoms with Gasteiger partial charge in [0.25, 0.3) is 0 Å². The van der Waals surface area contributed by atoms with Gasteiger partial charge in [-0.1, -0.05) is 18.2 Å². The molecule has 0 spiro atoms. The van der Waals surface area contributed by atoms with Crippen molar-refractivity contribution in [2.45, 2.75) is 38.1 Å². The molecule has 1 aromatic rings. The van der Waals surface area contributed by atoms with Gasteiger partial charge in [0.1, 0.15) is 0 Å². The molecular formula is C13H19NO4S. The predicted molar refractivity (Wildman–Crippen MR) is 72.3 cm³/mol. The van der Waals surface area contributed by atoms with Crippen molar-refractivity contribution in [3.8, 4) is 0 Å². The molecule has 0 aliphatic carbocycles. The van der Waals surface area contributed by atoms with Crippen LogP contribution in [0.3, 0.4) is 0 Å². The maximum absolute atomic E-state index is 12.2. The molecule has 2 N–H and O–H groups in total. The Kier molecular flexibility index (Phi) is 4.07. The van der Waals surface area contributed by atoms with E-state index in [-0.39, 0.29) is 4.90 Å².